The Labute approximate surface area is 253 Å². The highest BCUT2D eigenvalue weighted by molar-refractivity contribution is 8.01. The summed E-state index contributed by atoms with van der Waals surface area (Å²) < 4.78 is 5.09. The van der Waals surface area contributed by atoms with Crippen LogP contribution in [0, 0.1) is 0 Å². The van der Waals surface area contributed by atoms with E-state index in [1.165, 1.54) is 16.7 Å². The minimum atomic E-state index is -0.455. The van der Waals surface area contributed by atoms with Crippen molar-refractivity contribution < 1.29 is 9.53 Å². The number of ether oxygens (including phenoxy) is 1. The molecule has 3 aromatic carbocycles. The van der Waals surface area contributed by atoms with Gasteiger partial charge in [0.1, 0.15) is 6.61 Å². The summed E-state index contributed by atoms with van der Waals surface area (Å²) in [6.45, 7) is 8.68. The molecule has 0 spiro atoms. The molecule has 214 valence electrons. The highest BCUT2D eigenvalue weighted by atomic mass is 32.2. The van der Waals surface area contributed by atoms with E-state index in [-0.39, 0.29) is 24.0 Å². The lowest BCUT2D eigenvalue weighted by molar-refractivity contribution is 0.108. The Hall–Kier alpha value is -3.33. The van der Waals surface area contributed by atoms with E-state index >= 15 is 0 Å². The van der Waals surface area contributed by atoms with Gasteiger partial charge in [-0.2, -0.15) is 0 Å². The largest absolute Gasteiger partial charge is 0.445 e. The fraction of sp³-hybridized carbons (Fsp3) is 0.333. The summed E-state index contributed by atoms with van der Waals surface area (Å²) in [7, 11) is 0. The van der Waals surface area contributed by atoms with Crippen LogP contribution in [0.1, 0.15) is 23.1 Å². The van der Waals surface area contributed by atoms with Gasteiger partial charge in [0.25, 0.3) is 0 Å². The fourth-order valence-corrected chi connectivity index (χ4v) is 7.88. The zero-order chi connectivity index (χ0) is 28.5. The summed E-state index contributed by atoms with van der Waals surface area (Å²) in [5, 5.41) is 7.73. The van der Waals surface area contributed by atoms with Gasteiger partial charge in [-0.25, -0.2) is 4.79 Å². The van der Waals surface area contributed by atoms with Crippen LogP contribution in [0.2, 0.25) is 0 Å². The molecule has 6 nitrogen and oxygen atoms in total. The van der Waals surface area contributed by atoms with Crippen molar-refractivity contribution in [2.45, 2.75) is 22.5 Å². The number of piperazine rings is 1. The maximum Gasteiger partial charge on any atom is 0.410 e. The number of thiocarbonyl (C=S) groups is 1. The topological polar surface area (TPSA) is 56.8 Å². The van der Waals surface area contributed by atoms with Gasteiger partial charge < -0.3 is 25.2 Å². The third kappa shape index (κ3) is 6.77. The van der Waals surface area contributed by atoms with Gasteiger partial charge in [0, 0.05) is 44.5 Å². The van der Waals surface area contributed by atoms with Crippen LogP contribution in [0.25, 0.3) is 0 Å². The summed E-state index contributed by atoms with van der Waals surface area (Å²) in [4.78, 5) is 17.3. The second-order valence-corrected chi connectivity index (χ2v) is 12.3. The van der Waals surface area contributed by atoms with Crippen LogP contribution in [0.5, 0.6) is 0 Å². The van der Waals surface area contributed by atoms with Crippen molar-refractivity contribution in [3.8, 4) is 0 Å². The summed E-state index contributed by atoms with van der Waals surface area (Å²) in [6, 6.07) is 32.0. The average molecular weight is 587 g/mol. The standard InChI is InChI=1S/C33H38N4O2S2/c1-2-22-39-32(38)37-25-30(23-29(37)24-35-31(40)36-20-18-34-19-21-36)41-33(26-12-6-3-7-13-26,27-14-8-4-9-15-27)28-16-10-5-11-17-28/h2-17,29-30,34H,1,18-25H2,(H,35,40)/t29-,30-/m0/s1. The molecule has 2 N–H and O–H groups in total. The molecule has 2 fully saturated rings. The first kappa shape index (κ1) is 29.2. The van der Waals surface area contributed by atoms with Crippen molar-refractivity contribution in [2.75, 3.05) is 45.9 Å². The molecule has 1 amide bonds. The Morgan fingerprint density at radius 3 is 2.02 bits per heavy atom. The van der Waals surface area contributed by atoms with E-state index in [4.69, 9.17) is 17.0 Å². The van der Waals surface area contributed by atoms with Crippen molar-refractivity contribution in [1.82, 2.24) is 20.4 Å². The van der Waals surface area contributed by atoms with Crippen molar-refractivity contribution in [1.29, 1.82) is 0 Å². The molecule has 2 aliphatic heterocycles. The number of hydrogen-bond donors (Lipinski definition) is 2. The smallest absolute Gasteiger partial charge is 0.410 e. The van der Waals surface area contributed by atoms with Crippen molar-refractivity contribution >= 4 is 35.2 Å². The summed E-state index contributed by atoms with van der Waals surface area (Å²) in [5.74, 6) is 0. The number of benzene rings is 3. The van der Waals surface area contributed by atoms with E-state index in [1.54, 1.807) is 6.08 Å². The molecule has 41 heavy (non-hydrogen) atoms. The van der Waals surface area contributed by atoms with Crippen LogP contribution in [0.15, 0.2) is 104 Å². The number of hydrogen-bond acceptors (Lipinski definition) is 5. The number of carbonyl (C=O) groups excluding carboxylic acids is 1. The average Bonchev–Trinajstić information content (AvgIpc) is 3.45. The van der Waals surface area contributed by atoms with Gasteiger partial charge in [0.2, 0.25) is 0 Å². The third-order valence-corrected chi connectivity index (χ3v) is 9.85. The van der Waals surface area contributed by atoms with Gasteiger partial charge in [-0.3, -0.25) is 0 Å². The van der Waals surface area contributed by atoms with Gasteiger partial charge in [0.05, 0.1) is 10.8 Å². The van der Waals surface area contributed by atoms with Gasteiger partial charge in [-0.05, 0) is 35.3 Å². The number of amides is 1. The highest BCUT2D eigenvalue weighted by Crippen LogP contribution is 2.52. The molecule has 0 aromatic heterocycles. The maximum atomic E-state index is 13.2. The van der Waals surface area contributed by atoms with Crippen LogP contribution < -0.4 is 10.6 Å². The zero-order valence-corrected chi connectivity index (χ0v) is 24.9. The van der Waals surface area contributed by atoms with Crippen LogP contribution in [0.4, 0.5) is 4.79 Å². The SMILES string of the molecule is C=CCOC(=O)N1C[C@@H](SC(c2ccccc2)(c2ccccc2)c2ccccc2)C[C@H]1CNC(=S)N1CCNCC1. The van der Waals surface area contributed by atoms with Crippen LogP contribution in [-0.2, 0) is 9.48 Å². The van der Waals surface area contributed by atoms with Crippen molar-refractivity contribution in [3.63, 3.8) is 0 Å². The van der Waals surface area contributed by atoms with E-state index in [2.05, 4.69) is 113 Å². The van der Waals surface area contributed by atoms with Gasteiger partial charge in [-0.15, -0.1) is 11.8 Å². The summed E-state index contributed by atoms with van der Waals surface area (Å²) >= 11 is 7.65. The molecule has 2 atom stereocenters. The maximum absolute atomic E-state index is 13.2. The molecular formula is C33H38N4O2S2. The molecular weight excluding hydrogens is 549 g/mol. The molecule has 0 aliphatic carbocycles. The second-order valence-electron chi connectivity index (χ2n) is 10.3. The molecule has 8 heteroatoms. The normalized spacial score (nSPS) is 19.0. The van der Waals surface area contributed by atoms with Crippen molar-refractivity contribution in [3.05, 3.63) is 120 Å². The third-order valence-electron chi connectivity index (χ3n) is 7.71. The van der Waals surface area contributed by atoms with Gasteiger partial charge in [-0.1, -0.05) is 104 Å². The van der Waals surface area contributed by atoms with Crippen LogP contribution in [-0.4, -0.2) is 78.2 Å². The number of likely N-dealkylation sites (tertiary alicyclic amines) is 1. The number of thioether (sulfide) groups is 1. The zero-order valence-electron chi connectivity index (χ0n) is 23.3. The monoisotopic (exact) mass is 586 g/mol. The Bertz CT molecular complexity index is 1190. The number of nitrogens with one attached hydrogen (secondary N) is 2. The Morgan fingerprint density at radius 1 is 0.976 bits per heavy atom. The molecule has 0 saturated carbocycles. The number of rotatable bonds is 9. The Kier molecular flexibility index (Phi) is 9.98. The summed E-state index contributed by atoms with van der Waals surface area (Å²) in [5.41, 5.74) is 3.64. The van der Waals surface area contributed by atoms with E-state index in [0.29, 0.717) is 13.1 Å². The van der Waals surface area contributed by atoms with E-state index < -0.39 is 4.75 Å². The quantitative estimate of drug-likeness (QED) is 0.202. The van der Waals surface area contributed by atoms with Crippen molar-refractivity contribution in [2.24, 2.45) is 0 Å². The predicted molar refractivity (Wildman–Crippen MR) is 172 cm³/mol. The molecule has 0 bridgehead atoms. The van der Waals surface area contributed by atoms with E-state index in [1.807, 2.05) is 16.7 Å². The lowest BCUT2D eigenvalue weighted by atomic mass is 9.84. The van der Waals surface area contributed by atoms with E-state index in [0.717, 1.165) is 37.7 Å². The summed E-state index contributed by atoms with van der Waals surface area (Å²) in [6.07, 6.45) is 2.12. The molecule has 0 radical (unpaired) electrons. The molecule has 2 aliphatic rings. The molecule has 0 unspecified atom stereocenters. The first-order valence-corrected chi connectivity index (χ1v) is 15.5. The van der Waals surface area contributed by atoms with Gasteiger partial charge >= 0.3 is 6.09 Å². The number of carbonyl (C=O) groups is 1. The highest BCUT2D eigenvalue weighted by Gasteiger charge is 2.44. The second kappa shape index (κ2) is 14.0. The predicted octanol–water partition coefficient (Wildman–Crippen LogP) is 5.26. The minimum absolute atomic E-state index is 0.0503. The molecule has 2 heterocycles. The molecule has 3 aromatic rings. The first-order valence-electron chi connectivity index (χ1n) is 14.2. The van der Waals surface area contributed by atoms with Crippen LogP contribution in [0.3, 0.4) is 0 Å². The van der Waals surface area contributed by atoms with Crippen LogP contribution >= 0.6 is 24.0 Å². The van der Waals surface area contributed by atoms with Gasteiger partial charge in [0.15, 0.2) is 5.11 Å². The Balaban J connectivity index is 1.45. The van der Waals surface area contributed by atoms with E-state index in [9.17, 15) is 4.79 Å². The lowest BCUT2D eigenvalue weighted by Gasteiger charge is -2.37. The molecule has 2 saturated heterocycles. The Morgan fingerprint density at radius 2 is 1.51 bits per heavy atom. The lowest BCUT2D eigenvalue weighted by Crippen LogP contribution is -2.52. The first-order chi connectivity index (χ1) is 20.1. The minimum Gasteiger partial charge on any atom is -0.445 e. The fourth-order valence-electron chi connectivity index (χ4n) is 5.75. The number of nitrogens with zero attached hydrogens (tertiary/aromatic N) is 2. The molecule has 5 rings (SSSR count).